The van der Waals surface area contributed by atoms with E-state index in [4.69, 9.17) is 5.73 Å². The third-order valence-corrected chi connectivity index (χ3v) is 5.35. The number of aliphatic hydroxyl groups excluding tert-OH is 1. The van der Waals surface area contributed by atoms with Crippen LogP contribution in [0.3, 0.4) is 0 Å². The monoisotopic (exact) mass is 385 g/mol. The van der Waals surface area contributed by atoms with Gasteiger partial charge < -0.3 is 21.2 Å². The lowest BCUT2D eigenvalue weighted by Gasteiger charge is -2.27. The van der Waals surface area contributed by atoms with E-state index in [2.05, 4.69) is 38.4 Å². The van der Waals surface area contributed by atoms with Crippen LogP contribution >= 0.6 is 0 Å². The average Bonchev–Trinajstić information content (AvgIpc) is 3.01. The Morgan fingerprint density at radius 1 is 1.07 bits per heavy atom. The summed E-state index contributed by atoms with van der Waals surface area (Å²) in [5, 5.41) is 16.7. The minimum Gasteiger partial charge on any atom is -0.462 e. The molecule has 2 atom stereocenters. The lowest BCUT2D eigenvalue weighted by molar-refractivity contribution is 0.297. The van der Waals surface area contributed by atoms with E-state index in [1.165, 1.54) is 0 Å². The zero-order valence-electron chi connectivity index (χ0n) is 16.4. The van der Waals surface area contributed by atoms with Crippen molar-refractivity contribution in [2.75, 3.05) is 30.2 Å². The molecule has 0 aliphatic carbocycles. The van der Waals surface area contributed by atoms with E-state index < -0.39 is 0 Å². The number of anilines is 3. The van der Waals surface area contributed by atoms with Gasteiger partial charge in [0.05, 0.1) is 11.7 Å². The van der Waals surface area contributed by atoms with Crippen LogP contribution in [0.2, 0.25) is 0 Å². The Morgan fingerprint density at radius 3 is 2.48 bits per heavy atom. The highest BCUT2D eigenvalue weighted by atomic mass is 16.2. The molecule has 1 aliphatic heterocycles. The first kappa shape index (κ1) is 18.7. The molecule has 0 spiro atoms. The van der Waals surface area contributed by atoms with E-state index in [1.807, 2.05) is 68.7 Å². The Hall–Kier alpha value is -3.69. The van der Waals surface area contributed by atoms with Gasteiger partial charge in [-0.1, -0.05) is 42.5 Å². The van der Waals surface area contributed by atoms with Crippen molar-refractivity contribution < 1.29 is 5.11 Å². The summed E-state index contributed by atoms with van der Waals surface area (Å²) < 4.78 is 0. The first-order valence-electron chi connectivity index (χ1n) is 9.37. The smallest absolute Gasteiger partial charge is 0.130 e. The summed E-state index contributed by atoms with van der Waals surface area (Å²) in [7, 11) is 4.05. The molecule has 1 aromatic heterocycles. The van der Waals surface area contributed by atoms with Crippen LogP contribution in [0, 0.1) is 12.0 Å². The van der Waals surface area contributed by atoms with Crippen LogP contribution in [0.1, 0.15) is 28.8 Å². The zero-order chi connectivity index (χ0) is 20.4. The average molecular weight is 385 g/mol. The molecule has 29 heavy (non-hydrogen) atoms. The normalized spacial score (nSPS) is 16.6. The number of benzene rings is 2. The molecule has 0 fully saturated rings. The van der Waals surface area contributed by atoms with Crippen molar-refractivity contribution >= 4 is 17.2 Å². The van der Waals surface area contributed by atoms with Crippen molar-refractivity contribution in [3.63, 3.8) is 0 Å². The molecule has 0 bridgehead atoms. The number of aliphatic hydroxyl groups is 1. The number of pyridine rings is 1. The Bertz CT molecular complexity index is 1060. The highest BCUT2D eigenvalue weighted by molar-refractivity contribution is 5.67. The van der Waals surface area contributed by atoms with Crippen LogP contribution in [0.15, 0.2) is 66.9 Å². The fourth-order valence-corrected chi connectivity index (χ4v) is 3.79. The van der Waals surface area contributed by atoms with Crippen molar-refractivity contribution in [3.8, 4) is 12.0 Å². The largest absolute Gasteiger partial charge is 0.462 e. The van der Waals surface area contributed by atoms with Gasteiger partial charge in [-0.2, -0.15) is 0 Å². The third-order valence-electron chi connectivity index (χ3n) is 5.35. The maximum atomic E-state index is 9.17. The van der Waals surface area contributed by atoms with Gasteiger partial charge in [-0.3, -0.25) is 0 Å². The van der Waals surface area contributed by atoms with Gasteiger partial charge in [0.2, 0.25) is 0 Å². The summed E-state index contributed by atoms with van der Waals surface area (Å²) >= 11 is 0. The van der Waals surface area contributed by atoms with Crippen molar-refractivity contribution in [3.05, 3.63) is 83.6 Å². The maximum absolute atomic E-state index is 9.17. The number of hydrazine groups is 1. The Kier molecular flexibility index (Phi) is 4.98. The standard InChI is InChI=1S/C23H23N5O/c1-27-20-12-14-25-23(24)21(20)22(28(27)2)17-10-8-16(9-11-17)19(13-15-29)26-18-6-4-3-5-7-18/h3-12,14,19,22,26,29H,1-2H3,(H2,24,25). The van der Waals surface area contributed by atoms with E-state index in [9.17, 15) is 5.11 Å². The lowest BCUT2D eigenvalue weighted by atomic mass is 9.96. The number of hydrogen-bond donors (Lipinski definition) is 3. The molecule has 0 saturated carbocycles. The number of nitrogen functional groups attached to an aromatic ring is 1. The highest BCUT2D eigenvalue weighted by Crippen LogP contribution is 2.44. The molecule has 1 aliphatic rings. The highest BCUT2D eigenvalue weighted by Gasteiger charge is 2.35. The fraction of sp³-hybridized carbons (Fsp3) is 0.174. The van der Waals surface area contributed by atoms with Gasteiger partial charge in [-0.15, -0.1) is 0 Å². The molecule has 4 N–H and O–H groups in total. The molecule has 0 radical (unpaired) electrons. The van der Waals surface area contributed by atoms with Gasteiger partial charge in [0.25, 0.3) is 0 Å². The van der Waals surface area contributed by atoms with Gasteiger partial charge in [-0.25, -0.2) is 9.99 Å². The van der Waals surface area contributed by atoms with Crippen molar-refractivity contribution in [1.82, 2.24) is 9.99 Å². The van der Waals surface area contributed by atoms with Gasteiger partial charge >= 0.3 is 0 Å². The molecular weight excluding hydrogens is 362 g/mol. The topological polar surface area (TPSA) is 77.7 Å². The first-order valence-corrected chi connectivity index (χ1v) is 9.37. The fourth-order valence-electron chi connectivity index (χ4n) is 3.79. The van der Waals surface area contributed by atoms with E-state index in [1.54, 1.807) is 6.20 Å². The maximum Gasteiger partial charge on any atom is 0.130 e. The Morgan fingerprint density at radius 2 is 1.79 bits per heavy atom. The lowest BCUT2D eigenvalue weighted by Crippen LogP contribution is -2.33. The van der Waals surface area contributed by atoms with E-state index in [0.29, 0.717) is 5.82 Å². The number of nitrogens with zero attached hydrogens (tertiary/aromatic N) is 3. The summed E-state index contributed by atoms with van der Waals surface area (Å²) in [5.41, 5.74) is 11.3. The molecule has 2 heterocycles. The van der Waals surface area contributed by atoms with Crippen molar-refractivity contribution in [1.29, 1.82) is 0 Å². The van der Waals surface area contributed by atoms with E-state index >= 15 is 0 Å². The number of para-hydroxylation sites is 1. The summed E-state index contributed by atoms with van der Waals surface area (Å²) in [4.78, 5) is 4.28. The van der Waals surface area contributed by atoms with Crippen molar-refractivity contribution in [2.45, 2.75) is 12.1 Å². The van der Waals surface area contributed by atoms with Crippen molar-refractivity contribution in [2.24, 2.45) is 0 Å². The quantitative estimate of drug-likeness (QED) is 0.597. The molecule has 2 aromatic carbocycles. The molecule has 4 rings (SSSR count). The predicted molar refractivity (Wildman–Crippen MR) is 116 cm³/mol. The van der Waals surface area contributed by atoms with Gasteiger partial charge in [-0.05, 0) is 35.2 Å². The Labute approximate surface area is 170 Å². The van der Waals surface area contributed by atoms with Gasteiger partial charge in [0, 0.05) is 31.5 Å². The van der Waals surface area contributed by atoms with Gasteiger partial charge in [0.1, 0.15) is 18.0 Å². The number of nitrogens with two attached hydrogens (primary N) is 1. The summed E-state index contributed by atoms with van der Waals surface area (Å²) in [6.07, 6.45) is 3.77. The first-order chi connectivity index (χ1) is 14.1. The minimum atomic E-state index is -0.320. The Balaban J connectivity index is 1.65. The van der Waals surface area contributed by atoms with Crippen LogP contribution in [0.5, 0.6) is 0 Å². The number of rotatable bonds is 4. The molecule has 146 valence electrons. The van der Waals surface area contributed by atoms with Crippen LogP contribution in [0.25, 0.3) is 0 Å². The molecule has 6 nitrogen and oxygen atoms in total. The zero-order valence-corrected chi connectivity index (χ0v) is 16.4. The van der Waals surface area contributed by atoms with Crippen LogP contribution in [-0.2, 0) is 0 Å². The van der Waals surface area contributed by atoms with Gasteiger partial charge in [0.15, 0.2) is 0 Å². The van der Waals surface area contributed by atoms with E-state index in [-0.39, 0.29) is 12.1 Å². The predicted octanol–water partition coefficient (Wildman–Crippen LogP) is 3.54. The summed E-state index contributed by atoms with van der Waals surface area (Å²) in [6.45, 7) is 0. The molecule has 3 aromatic rings. The van der Waals surface area contributed by atoms with Crippen LogP contribution < -0.4 is 16.1 Å². The summed E-state index contributed by atoms with van der Waals surface area (Å²) in [5.74, 6) is 3.37. The molecule has 2 unspecified atom stereocenters. The second-order valence-corrected chi connectivity index (χ2v) is 6.99. The van der Waals surface area contributed by atoms with Crippen LogP contribution in [-0.4, -0.2) is 29.2 Å². The van der Waals surface area contributed by atoms with E-state index in [0.717, 1.165) is 28.1 Å². The van der Waals surface area contributed by atoms with Crippen LogP contribution in [0.4, 0.5) is 17.2 Å². The minimum absolute atomic E-state index is 0.0118. The molecule has 6 heteroatoms. The number of fused-ring (bicyclic) bond motifs is 1. The third kappa shape index (κ3) is 3.44. The molecule has 0 amide bonds. The molecular formula is C23H23N5O. The number of aromatic nitrogens is 1. The number of nitrogens with one attached hydrogen (secondary N) is 1. The SMILES string of the molecule is CN1c2ccnc(N)c2C(c2ccc(C(C#CO)Nc3ccccc3)cc2)N1C. The molecule has 0 saturated heterocycles. The second-order valence-electron chi connectivity index (χ2n) is 6.99. The summed E-state index contributed by atoms with van der Waals surface area (Å²) in [6, 6.07) is 19.7. The second kappa shape index (κ2) is 7.74. The number of hydrogen-bond acceptors (Lipinski definition) is 6.